The van der Waals surface area contributed by atoms with Gasteiger partial charge in [0, 0.05) is 36.2 Å². The fraction of sp³-hybridized carbons (Fsp3) is 0.400. The molecular weight excluding hydrogens is 308 g/mol. The smallest absolute Gasteiger partial charge is 0.123 e. The minimum atomic E-state index is -0.516. The van der Waals surface area contributed by atoms with Crippen LogP contribution in [-0.4, -0.2) is 41.2 Å². The Labute approximate surface area is 133 Å². The summed E-state index contributed by atoms with van der Waals surface area (Å²) in [6.07, 6.45) is 1.29. The first-order chi connectivity index (χ1) is 10.2. The van der Waals surface area contributed by atoms with Crippen LogP contribution in [0.15, 0.2) is 35.8 Å². The predicted octanol–water partition coefficient (Wildman–Crippen LogP) is 2.90. The van der Waals surface area contributed by atoms with E-state index in [1.165, 1.54) is 0 Å². The zero-order valence-electron chi connectivity index (χ0n) is 11.5. The Morgan fingerprint density at radius 1 is 1.43 bits per heavy atom. The van der Waals surface area contributed by atoms with Crippen LogP contribution in [0.4, 0.5) is 0 Å². The Kier molecular flexibility index (Phi) is 4.87. The molecule has 1 aromatic carbocycles. The summed E-state index contributed by atoms with van der Waals surface area (Å²) in [5.41, 5.74) is 0.886. The van der Waals surface area contributed by atoms with Gasteiger partial charge in [-0.15, -0.1) is 11.3 Å². The van der Waals surface area contributed by atoms with E-state index >= 15 is 0 Å². The van der Waals surface area contributed by atoms with E-state index in [0.717, 1.165) is 23.7 Å². The average Bonchev–Trinajstić information content (AvgIpc) is 3.02. The molecule has 0 amide bonds. The van der Waals surface area contributed by atoms with Crippen LogP contribution in [0.25, 0.3) is 0 Å². The molecule has 2 heterocycles. The van der Waals surface area contributed by atoms with Crippen molar-refractivity contribution in [1.29, 1.82) is 0 Å². The summed E-state index contributed by atoms with van der Waals surface area (Å²) in [5, 5.41) is 14.0. The molecule has 1 aliphatic heterocycles. The molecule has 1 saturated heterocycles. The monoisotopic (exact) mass is 324 g/mol. The third-order valence-electron chi connectivity index (χ3n) is 3.56. The van der Waals surface area contributed by atoms with Gasteiger partial charge in [-0.25, -0.2) is 4.98 Å². The van der Waals surface area contributed by atoms with Crippen molar-refractivity contribution in [3.63, 3.8) is 0 Å². The number of aliphatic hydroxyl groups is 1. The number of nitrogens with zero attached hydrogens (tertiary/aromatic N) is 2. The first-order valence-electron chi connectivity index (χ1n) is 6.89. The SMILES string of the molecule is O[C@@H](CN1CCO[C@@H](c2nccs2)C1)c1ccc(Cl)cc1. The van der Waals surface area contributed by atoms with Gasteiger partial charge >= 0.3 is 0 Å². The molecule has 0 aliphatic carbocycles. The van der Waals surface area contributed by atoms with Crippen LogP contribution in [0.1, 0.15) is 22.8 Å². The zero-order valence-corrected chi connectivity index (χ0v) is 13.1. The van der Waals surface area contributed by atoms with E-state index in [0.29, 0.717) is 18.2 Å². The van der Waals surface area contributed by atoms with E-state index < -0.39 is 6.10 Å². The van der Waals surface area contributed by atoms with Crippen molar-refractivity contribution < 1.29 is 9.84 Å². The highest BCUT2D eigenvalue weighted by Crippen LogP contribution is 2.25. The van der Waals surface area contributed by atoms with Crippen molar-refractivity contribution in [3.8, 4) is 0 Å². The van der Waals surface area contributed by atoms with Crippen LogP contribution in [0.5, 0.6) is 0 Å². The summed E-state index contributed by atoms with van der Waals surface area (Å²) in [7, 11) is 0. The van der Waals surface area contributed by atoms with Crippen molar-refractivity contribution in [2.75, 3.05) is 26.2 Å². The third-order valence-corrected chi connectivity index (χ3v) is 4.68. The number of thiazole rings is 1. The topological polar surface area (TPSA) is 45.6 Å². The minimum absolute atomic E-state index is 0.0103. The summed E-state index contributed by atoms with van der Waals surface area (Å²) in [6, 6.07) is 7.34. The van der Waals surface area contributed by atoms with E-state index in [1.54, 1.807) is 29.7 Å². The second kappa shape index (κ2) is 6.85. The predicted molar refractivity (Wildman–Crippen MR) is 83.7 cm³/mol. The van der Waals surface area contributed by atoms with E-state index in [-0.39, 0.29) is 6.10 Å². The second-order valence-electron chi connectivity index (χ2n) is 5.06. The summed E-state index contributed by atoms with van der Waals surface area (Å²) in [6.45, 7) is 2.84. The Bertz CT molecular complexity index is 562. The lowest BCUT2D eigenvalue weighted by Crippen LogP contribution is -2.40. The average molecular weight is 325 g/mol. The van der Waals surface area contributed by atoms with Crippen molar-refractivity contribution >= 4 is 22.9 Å². The highest BCUT2D eigenvalue weighted by Gasteiger charge is 2.25. The first-order valence-corrected chi connectivity index (χ1v) is 8.15. The number of hydrogen-bond acceptors (Lipinski definition) is 5. The number of ether oxygens (including phenoxy) is 1. The third kappa shape index (κ3) is 3.81. The van der Waals surface area contributed by atoms with Gasteiger partial charge in [0.15, 0.2) is 0 Å². The van der Waals surface area contributed by atoms with Gasteiger partial charge in [-0.1, -0.05) is 23.7 Å². The standard InChI is InChI=1S/C15H17ClN2O2S/c16-12-3-1-11(2-4-12)13(19)9-18-6-7-20-14(10-18)15-17-5-8-21-15/h1-5,8,13-14,19H,6-7,9-10H2/t13-,14+/m0/s1. The quantitative estimate of drug-likeness (QED) is 0.939. The normalized spacial score (nSPS) is 21.3. The van der Waals surface area contributed by atoms with Gasteiger partial charge in [-0.3, -0.25) is 4.90 Å². The van der Waals surface area contributed by atoms with Gasteiger partial charge in [0.1, 0.15) is 11.1 Å². The molecule has 1 aliphatic rings. The molecule has 1 N–H and O–H groups in total. The second-order valence-corrected chi connectivity index (χ2v) is 6.42. The number of hydrogen-bond donors (Lipinski definition) is 1. The largest absolute Gasteiger partial charge is 0.387 e. The number of aromatic nitrogens is 1. The molecule has 4 nitrogen and oxygen atoms in total. The zero-order chi connectivity index (χ0) is 14.7. The van der Waals surface area contributed by atoms with Crippen LogP contribution >= 0.6 is 22.9 Å². The van der Waals surface area contributed by atoms with Gasteiger partial charge in [0.2, 0.25) is 0 Å². The lowest BCUT2D eigenvalue weighted by molar-refractivity contribution is -0.0424. The lowest BCUT2D eigenvalue weighted by atomic mass is 10.1. The molecular formula is C15H17ClN2O2S. The Morgan fingerprint density at radius 2 is 2.24 bits per heavy atom. The van der Waals surface area contributed by atoms with Crippen molar-refractivity contribution in [2.24, 2.45) is 0 Å². The fourth-order valence-electron chi connectivity index (χ4n) is 2.45. The van der Waals surface area contributed by atoms with E-state index in [2.05, 4.69) is 9.88 Å². The van der Waals surface area contributed by atoms with E-state index in [1.807, 2.05) is 17.5 Å². The van der Waals surface area contributed by atoms with E-state index in [9.17, 15) is 5.11 Å². The molecule has 2 aromatic rings. The number of halogens is 1. The van der Waals surface area contributed by atoms with Crippen LogP contribution < -0.4 is 0 Å². The molecule has 0 radical (unpaired) electrons. The van der Waals surface area contributed by atoms with Gasteiger partial charge in [0.25, 0.3) is 0 Å². The van der Waals surface area contributed by atoms with Crippen LogP contribution in [-0.2, 0) is 4.74 Å². The van der Waals surface area contributed by atoms with Crippen LogP contribution in [0, 0.1) is 0 Å². The van der Waals surface area contributed by atoms with E-state index in [4.69, 9.17) is 16.3 Å². The number of rotatable bonds is 4. The molecule has 0 saturated carbocycles. The Hall–Kier alpha value is -0.980. The molecule has 3 rings (SSSR count). The first kappa shape index (κ1) is 14.9. The Balaban J connectivity index is 1.60. The summed E-state index contributed by atoms with van der Waals surface area (Å²) >= 11 is 7.48. The maximum Gasteiger partial charge on any atom is 0.123 e. The number of morpholine rings is 1. The summed E-state index contributed by atoms with van der Waals surface area (Å²) < 4.78 is 5.76. The van der Waals surface area contributed by atoms with Crippen molar-refractivity contribution in [3.05, 3.63) is 51.4 Å². The molecule has 112 valence electrons. The molecule has 0 bridgehead atoms. The molecule has 2 atom stereocenters. The fourth-order valence-corrected chi connectivity index (χ4v) is 3.25. The summed E-state index contributed by atoms with van der Waals surface area (Å²) in [4.78, 5) is 6.53. The molecule has 1 fully saturated rings. The molecule has 21 heavy (non-hydrogen) atoms. The van der Waals surface area contributed by atoms with Gasteiger partial charge < -0.3 is 9.84 Å². The molecule has 6 heteroatoms. The van der Waals surface area contributed by atoms with Crippen LogP contribution in [0.3, 0.4) is 0 Å². The van der Waals surface area contributed by atoms with Crippen molar-refractivity contribution in [2.45, 2.75) is 12.2 Å². The lowest BCUT2D eigenvalue weighted by Gasteiger charge is -2.33. The van der Waals surface area contributed by atoms with Crippen LogP contribution in [0.2, 0.25) is 5.02 Å². The molecule has 1 aromatic heterocycles. The maximum absolute atomic E-state index is 10.3. The highest BCUT2D eigenvalue weighted by atomic mass is 35.5. The number of aliphatic hydroxyl groups excluding tert-OH is 1. The highest BCUT2D eigenvalue weighted by molar-refractivity contribution is 7.09. The van der Waals surface area contributed by atoms with Gasteiger partial charge in [-0.2, -0.15) is 0 Å². The minimum Gasteiger partial charge on any atom is -0.387 e. The number of β-amino-alcohol motifs (C(OH)–C–C–N with tert-alkyl or cyclic N) is 1. The molecule has 0 unspecified atom stereocenters. The number of benzene rings is 1. The van der Waals surface area contributed by atoms with Crippen molar-refractivity contribution in [1.82, 2.24) is 9.88 Å². The Morgan fingerprint density at radius 3 is 2.95 bits per heavy atom. The van der Waals surface area contributed by atoms with Gasteiger partial charge in [0.05, 0.1) is 12.7 Å². The molecule has 0 spiro atoms. The maximum atomic E-state index is 10.3. The van der Waals surface area contributed by atoms with Gasteiger partial charge in [-0.05, 0) is 17.7 Å². The summed E-state index contributed by atoms with van der Waals surface area (Å²) in [5.74, 6) is 0.